The van der Waals surface area contributed by atoms with Crippen LogP contribution in [0.2, 0.25) is 0 Å². The third-order valence-corrected chi connectivity index (χ3v) is 4.90. The van der Waals surface area contributed by atoms with E-state index in [0.29, 0.717) is 0 Å². The summed E-state index contributed by atoms with van der Waals surface area (Å²) in [7, 11) is 1.87. The van der Waals surface area contributed by atoms with E-state index in [1.54, 1.807) is 11.8 Å². The molecule has 0 unspecified atom stereocenters. The molecule has 0 aliphatic rings. The maximum atomic E-state index is 11.5. The number of fused-ring (bicyclic) bond motifs is 3. The van der Waals surface area contributed by atoms with E-state index in [1.807, 2.05) is 7.05 Å². The van der Waals surface area contributed by atoms with Crippen molar-refractivity contribution >= 4 is 27.7 Å². The van der Waals surface area contributed by atoms with E-state index in [1.165, 1.54) is 38.5 Å². The molecular formula is C20H24N2O. The average molecular weight is 308 g/mol. The number of aromatic amines is 1. The summed E-state index contributed by atoms with van der Waals surface area (Å²) in [5.41, 5.74) is 6.48. The lowest BCUT2D eigenvalue weighted by Gasteiger charge is -2.18. The minimum absolute atomic E-state index is 0.118. The number of nitrogens with zero attached hydrogens (tertiary/aromatic N) is 1. The SMILES string of the molecule is CCc1cc2c([nH]c3ccccc32)c(C)c1CCN(C)C(C)=O. The van der Waals surface area contributed by atoms with Gasteiger partial charge in [0, 0.05) is 42.3 Å². The molecule has 1 heterocycles. The number of carbonyl (C=O) groups excluding carboxylic acids is 1. The number of H-pyrrole nitrogens is 1. The van der Waals surface area contributed by atoms with Gasteiger partial charge in [0.15, 0.2) is 0 Å². The van der Waals surface area contributed by atoms with Gasteiger partial charge in [-0.05, 0) is 48.6 Å². The fraction of sp³-hybridized carbons (Fsp3) is 0.350. The summed E-state index contributed by atoms with van der Waals surface area (Å²) in [5.74, 6) is 0.118. The van der Waals surface area contributed by atoms with Gasteiger partial charge >= 0.3 is 0 Å². The minimum atomic E-state index is 0.118. The van der Waals surface area contributed by atoms with Crippen LogP contribution in [0.15, 0.2) is 30.3 Å². The van der Waals surface area contributed by atoms with Gasteiger partial charge in [0.2, 0.25) is 5.91 Å². The zero-order chi connectivity index (χ0) is 16.6. The maximum absolute atomic E-state index is 11.5. The minimum Gasteiger partial charge on any atom is -0.354 e. The first kappa shape index (κ1) is 15.6. The summed E-state index contributed by atoms with van der Waals surface area (Å²) in [6.45, 7) is 6.77. The number of likely N-dealkylation sites (N-methyl/N-ethyl adjacent to an activating group) is 1. The van der Waals surface area contributed by atoms with Crippen LogP contribution in [0.25, 0.3) is 21.8 Å². The Morgan fingerprint density at radius 2 is 1.96 bits per heavy atom. The number of hydrogen-bond acceptors (Lipinski definition) is 1. The molecule has 3 rings (SSSR count). The fourth-order valence-electron chi connectivity index (χ4n) is 3.36. The molecule has 1 aromatic heterocycles. The molecule has 0 aliphatic heterocycles. The zero-order valence-electron chi connectivity index (χ0n) is 14.4. The van der Waals surface area contributed by atoms with Gasteiger partial charge in [-0.2, -0.15) is 0 Å². The first-order valence-electron chi connectivity index (χ1n) is 8.26. The number of rotatable bonds is 4. The van der Waals surface area contributed by atoms with Crippen LogP contribution >= 0.6 is 0 Å². The second-order valence-electron chi connectivity index (χ2n) is 6.28. The van der Waals surface area contributed by atoms with Crippen LogP contribution in [0.5, 0.6) is 0 Å². The molecular weight excluding hydrogens is 284 g/mol. The Morgan fingerprint density at radius 3 is 2.65 bits per heavy atom. The molecule has 23 heavy (non-hydrogen) atoms. The summed E-state index contributed by atoms with van der Waals surface area (Å²) in [5, 5.41) is 2.59. The molecule has 3 aromatic rings. The second-order valence-corrected chi connectivity index (χ2v) is 6.28. The van der Waals surface area contributed by atoms with Gasteiger partial charge < -0.3 is 9.88 Å². The monoisotopic (exact) mass is 308 g/mol. The molecule has 0 aliphatic carbocycles. The largest absolute Gasteiger partial charge is 0.354 e. The van der Waals surface area contributed by atoms with Gasteiger partial charge in [-0.1, -0.05) is 25.1 Å². The normalized spacial score (nSPS) is 11.3. The van der Waals surface area contributed by atoms with E-state index >= 15 is 0 Å². The van der Waals surface area contributed by atoms with Gasteiger partial charge in [-0.3, -0.25) is 4.79 Å². The van der Waals surface area contributed by atoms with Gasteiger partial charge in [-0.25, -0.2) is 0 Å². The summed E-state index contributed by atoms with van der Waals surface area (Å²) in [6.07, 6.45) is 1.91. The molecule has 0 atom stereocenters. The molecule has 2 aromatic carbocycles. The average Bonchev–Trinajstić information content (AvgIpc) is 2.92. The number of aryl methyl sites for hydroxylation is 2. The molecule has 3 heteroatoms. The lowest BCUT2D eigenvalue weighted by atomic mass is 9.94. The molecule has 0 fully saturated rings. The van der Waals surface area contributed by atoms with Crippen LogP contribution in [0.1, 0.15) is 30.5 Å². The Morgan fingerprint density at radius 1 is 1.22 bits per heavy atom. The molecule has 0 saturated heterocycles. The third-order valence-electron chi connectivity index (χ3n) is 4.90. The number of para-hydroxylation sites is 1. The number of benzene rings is 2. The molecule has 120 valence electrons. The topological polar surface area (TPSA) is 36.1 Å². The van der Waals surface area contributed by atoms with Gasteiger partial charge in [0.25, 0.3) is 0 Å². The van der Waals surface area contributed by atoms with E-state index in [-0.39, 0.29) is 5.91 Å². The summed E-state index contributed by atoms with van der Waals surface area (Å²) in [4.78, 5) is 16.8. The Hall–Kier alpha value is -2.29. The number of amides is 1. The highest BCUT2D eigenvalue weighted by Gasteiger charge is 2.14. The lowest BCUT2D eigenvalue weighted by Crippen LogP contribution is -2.26. The van der Waals surface area contributed by atoms with Crippen molar-refractivity contribution in [3.8, 4) is 0 Å². The Balaban J connectivity index is 2.12. The van der Waals surface area contributed by atoms with E-state index in [0.717, 1.165) is 19.4 Å². The van der Waals surface area contributed by atoms with Crippen LogP contribution in [-0.4, -0.2) is 29.4 Å². The number of nitrogens with one attached hydrogen (secondary N) is 1. The van der Waals surface area contributed by atoms with Gasteiger partial charge in [0.1, 0.15) is 0 Å². The van der Waals surface area contributed by atoms with Crippen LogP contribution in [0, 0.1) is 6.92 Å². The van der Waals surface area contributed by atoms with Gasteiger partial charge in [0.05, 0.1) is 0 Å². The van der Waals surface area contributed by atoms with Crippen LogP contribution in [0.3, 0.4) is 0 Å². The van der Waals surface area contributed by atoms with Crippen molar-refractivity contribution in [3.05, 3.63) is 47.0 Å². The van der Waals surface area contributed by atoms with E-state index < -0.39 is 0 Å². The summed E-state index contributed by atoms with van der Waals surface area (Å²) < 4.78 is 0. The van der Waals surface area contributed by atoms with Crippen molar-refractivity contribution in [3.63, 3.8) is 0 Å². The molecule has 0 spiro atoms. The van der Waals surface area contributed by atoms with Crippen molar-refractivity contribution in [2.45, 2.75) is 33.6 Å². The third kappa shape index (κ3) is 2.72. The molecule has 1 N–H and O–H groups in total. The summed E-state index contributed by atoms with van der Waals surface area (Å²) in [6, 6.07) is 10.8. The first-order valence-corrected chi connectivity index (χ1v) is 8.26. The first-order chi connectivity index (χ1) is 11.0. The van der Waals surface area contributed by atoms with Gasteiger partial charge in [-0.15, -0.1) is 0 Å². The number of hydrogen-bond donors (Lipinski definition) is 1. The van der Waals surface area contributed by atoms with Crippen molar-refractivity contribution in [2.75, 3.05) is 13.6 Å². The molecule has 1 amide bonds. The number of aromatic nitrogens is 1. The highest BCUT2D eigenvalue weighted by Crippen LogP contribution is 2.32. The molecule has 0 bridgehead atoms. The van der Waals surface area contributed by atoms with E-state index in [4.69, 9.17) is 0 Å². The summed E-state index contributed by atoms with van der Waals surface area (Å²) >= 11 is 0. The maximum Gasteiger partial charge on any atom is 0.219 e. The van der Waals surface area contributed by atoms with Crippen LogP contribution in [0.4, 0.5) is 0 Å². The van der Waals surface area contributed by atoms with Crippen LogP contribution in [-0.2, 0) is 17.6 Å². The van der Waals surface area contributed by atoms with Crippen molar-refractivity contribution < 1.29 is 4.79 Å². The highest BCUT2D eigenvalue weighted by molar-refractivity contribution is 6.08. The van der Waals surface area contributed by atoms with Crippen molar-refractivity contribution in [2.24, 2.45) is 0 Å². The Bertz CT molecular complexity index is 876. The molecule has 0 radical (unpaired) electrons. The van der Waals surface area contributed by atoms with Crippen molar-refractivity contribution in [1.29, 1.82) is 0 Å². The zero-order valence-corrected chi connectivity index (χ0v) is 14.4. The fourth-order valence-corrected chi connectivity index (χ4v) is 3.36. The Labute approximate surface area is 137 Å². The second kappa shape index (κ2) is 6.07. The number of carbonyl (C=O) groups is 1. The molecule has 3 nitrogen and oxygen atoms in total. The quantitative estimate of drug-likeness (QED) is 0.770. The van der Waals surface area contributed by atoms with Crippen LogP contribution < -0.4 is 0 Å². The highest BCUT2D eigenvalue weighted by atomic mass is 16.2. The standard InChI is InChI=1S/C20H24N2O/c1-5-15-12-18-17-8-6-7-9-19(17)21-20(18)13(2)16(15)10-11-22(4)14(3)23/h6-9,12,21H,5,10-11H2,1-4H3. The van der Waals surface area contributed by atoms with E-state index in [2.05, 4.69) is 49.2 Å². The molecule has 0 saturated carbocycles. The predicted octanol–water partition coefficient (Wildman–Crippen LogP) is 4.21. The predicted molar refractivity (Wildman–Crippen MR) is 96.9 cm³/mol. The smallest absolute Gasteiger partial charge is 0.219 e. The van der Waals surface area contributed by atoms with Crippen molar-refractivity contribution in [1.82, 2.24) is 9.88 Å². The lowest BCUT2D eigenvalue weighted by molar-refractivity contribution is -0.127. The van der Waals surface area contributed by atoms with E-state index in [9.17, 15) is 4.79 Å². The Kier molecular flexibility index (Phi) is 4.12.